The van der Waals surface area contributed by atoms with Crippen LogP contribution in [0.5, 0.6) is 0 Å². The molecular weight excluding hydrogens is 166 g/mol. The minimum absolute atomic E-state index is 0.0744. The molecule has 0 bridgehead atoms. The van der Waals surface area contributed by atoms with Gasteiger partial charge in [0.2, 0.25) is 5.91 Å². The van der Waals surface area contributed by atoms with Crippen LogP contribution in [0.2, 0.25) is 0 Å². The van der Waals surface area contributed by atoms with Crippen LogP contribution in [0.15, 0.2) is 0 Å². The van der Waals surface area contributed by atoms with Crippen molar-refractivity contribution >= 4 is 5.91 Å². The summed E-state index contributed by atoms with van der Waals surface area (Å²) in [6.45, 7) is 2.57. The molecule has 0 aromatic rings. The lowest BCUT2D eigenvalue weighted by atomic mass is 10.2. The van der Waals surface area contributed by atoms with Gasteiger partial charge in [-0.2, -0.15) is 0 Å². The summed E-state index contributed by atoms with van der Waals surface area (Å²) < 4.78 is 0. The summed E-state index contributed by atoms with van der Waals surface area (Å²) in [6.07, 6.45) is 3.07. The highest BCUT2D eigenvalue weighted by Crippen LogP contribution is 2.13. The third-order valence-corrected chi connectivity index (χ3v) is 2.89. The molecule has 4 nitrogen and oxygen atoms in total. The number of hydrogen-bond acceptors (Lipinski definition) is 3. The van der Waals surface area contributed by atoms with Crippen LogP contribution in [-0.2, 0) is 4.79 Å². The molecule has 2 fully saturated rings. The fraction of sp³-hybridized carbons (Fsp3) is 0.889. The molecule has 2 rings (SSSR count). The maximum Gasteiger partial charge on any atom is 0.239 e. The number of carbonyl (C=O) groups is 1. The number of carbonyl (C=O) groups excluding carboxylic acids is 1. The topological polar surface area (TPSA) is 58.4 Å². The maximum atomic E-state index is 11.8. The Balaban J connectivity index is 1.89. The minimum atomic E-state index is 0.0744. The van der Waals surface area contributed by atoms with Crippen molar-refractivity contribution in [3.05, 3.63) is 0 Å². The highest BCUT2D eigenvalue weighted by Gasteiger charge is 2.30. The molecule has 2 aliphatic rings. The number of rotatable bonds is 1. The third kappa shape index (κ3) is 1.84. The maximum absolute atomic E-state index is 11.8. The van der Waals surface area contributed by atoms with E-state index in [9.17, 15) is 4.79 Å². The molecule has 0 spiro atoms. The van der Waals surface area contributed by atoms with Gasteiger partial charge < -0.3 is 16.0 Å². The summed E-state index contributed by atoms with van der Waals surface area (Å²) in [4.78, 5) is 13.7. The van der Waals surface area contributed by atoms with Crippen molar-refractivity contribution in [2.75, 3.05) is 19.6 Å². The predicted octanol–water partition coefficient (Wildman–Crippen LogP) is -0.702. The second kappa shape index (κ2) is 3.64. The molecule has 2 saturated heterocycles. The van der Waals surface area contributed by atoms with Gasteiger partial charge in [-0.25, -0.2) is 0 Å². The Labute approximate surface area is 78.5 Å². The molecule has 0 saturated carbocycles. The van der Waals surface area contributed by atoms with Gasteiger partial charge in [0.25, 0.3) is 0 Å². The summed E-state index contributed by atoms with van der Waals surface area (Å²) in [5, 5.41) is 3.22. The number of hydrogen-bond donors (Lipinski definition) is 2. The Kier molecular flexibility index (Phi) is 2.51. The van der Waals surface area contributed by atoms with Gasteiger partial charge in [0, 0.05) is 19.1 Å². The lowest BCUT2D eigenvalue weighted by molar-refractivity contribution is -0.132. The standard InChI is InChI=1S/C9H17N3O/c10-7-3-5-12(6-7)9(13)8-2-1-4-11-8/h7-8,11H,1-6,10H2/t7-,8+/m0/s1. The Morgan fingerprint density at radius 3 is 2.85 bits per heavy atom. The van der Waals surface area contributed by atoms with Gasteiger partial charge >= 0.3 is 0 Å². The van der Waals surface area contributed by atoms with Gasteiger partial charge in [-0.05, 0) is 25.8 Å². The summed E-state index contributed by atoms with van der Waals surface area (Å²) in [5.74, 6) is 0.255. The molecule has 13 heavy (non-hydrogen) atoms. The largest absolute Gasteiger partial charge is 0.340 e. The van der Waals surface area contributed by atoms with Crippen LogP contribution in [0, 0.1) is 0 Å². The molecule has 3 N–H and O–H groups in total. The fourth-order valence-electron chi connectivity index (χ4n) is 2.10. The first kappa shape index (κ1) is 8.97. The van der Waals surface area contributed by atoms with Crippen LogP contribution >= 0.6 is 0 Å². The van der Waals surface area contributed by atoms with Crippen molar-refractivity contribution in [2.24, 2.45) is 5.73 Å². The average molecular weight is 183 g/mol. The van der Waals surface area contributed by atoms with Gasteiger partial charge in [0.05, 0.1) is 6.04 Å². The van der Waals surface area contributed by atoms with Gasteiger partial charge in [-0.3, -0.25) is 4.79 Å². The molecule has 0 aromatic carbocycles. The van der Waals surface area contributed by atoms with Gasteiger partial charge in [-0.1, -0.05) is 0 Å². The van der Waals surface area contributed by atoms with Gasteiger partial charge in [0.15, 0.2) is 0 Å². The van der Waals surface area contributed by atoms with E-state index < -0.39 is 0 Å². The number of nitrogens with zero attached hydrogens (tertiary/aromatic N) is 1. The fourth-order valence-corrected chi connectivity index (χ4v) is 2.10. The monoisotopic (exact) mass is 183 g/mol. The van der Waals surface area contributed by atoms with Crippen LogP contribution in [-0.4, -0.2) is 42.5 Å². The van der Waals surface area contributed by atoms with E-state index in [0.717, 1.165) is 38.9 Å². The molecule has 2 atom stereocenters. The number of amides is 1. The van der Waals surface area contributed by atoms with Crippen molar-refractivity contribution < 1.29 is 4.79 Å². The quantitative estimate of drug-likeness (QED) is 0.565. The molecule has 0 aromatic heterocycles. The van der Waals surface area contributed by atoms with Crippen LogP contribution in [0.25, 0.3) is 0 Å². The van der Waals surface area contributed by atoms with E-state index in [-0.39, 0.29) is 18.0 Å². The second-order valence-electron chi connectivity index (χ2n) is 3.98. The molecule has 4 heteroatoms. The molecule has 0 unspecified atom stereocenters. The second-order valence-corrected chi connectivity index (χ2v) is 3.98. The molecule has 1 amide bonds. The first-order valence-electron chi connectivity index (χ1n) is 5.05. The van der Waals surface area contributed by atoms with E-state index in [1.165, 1.54) is 0 Å². The van der Waals surface area contributed by atoms with E-state index in [1.54, 1.807) is 0 Å². The minimum Gasteiger partial charge on any atom is -0.340 e. The normalized spacial score (nSPS) is 34.1. The highest BCUT2D eigenvalue weighted by atomic mass is 16.2. The summed E-state index contributed by atoms with van der Waals surface area (Å²) >= 11 is 0. The molecular formula is C9H17N3O. The zero-order chi connectivity index (χ0) is 9.26. The zero-order valence-corrected chi connectivity index (χ0v) is 7.83. The van der Waals surface area contributed by atoms with E-state index in [2.05, 4.69) is 5.32 Å². The molecule has 0 radical (unpaired) electrons. The molecule has 2 heterocycles. The summed E-state index contributed by atoms with van der Waals surface area (Å²) in [7, 11) is 0. The van der Waals surface area contributed by atoms with Crippen molar-refractivity contribution in [3.63, 3.8) is 0 Å². The lowest BCUT2D eigenvalue weighted by Crippen LogP contribution is -2.43. The summed E-state index contributed by atoms with van der Waals surface area (Å²) in [5.41, 5.74) is 5.75. The van der Waals surface area contributed by atoms with Crippen molar-refractivity contribution in [1.82, 2.24) is 10.2 Å². The predicted molar refractivity (Wildman–Crippen MR) is 50.2 cm³/mol. The highest BCUT2D eigenvalue weighted by molar-refractivity contribution is 5.82. The average Bonchev–Trinajstić information content (AvgIpc) is 2.72. The van der Waals surface area contributed by atoms with E-state index in [0.29, 0.717) is 0 Å². The lowest BCUT2D eigenvalue weighted by Gasteiger charge is -2.19. The number of nitrogens with two attached hydrogens (primary N) is 1. The van der Waals surface area contributed by atoms with E-state index in [1.807, 2.05) is 4.90 Å². The number of likely N-dealkylation sites (tertiary alicyclic amines) is 1. The van der Waals surface area contributed by atoms with Crippen molar-refractivity contribution in [1.29, 1.82) is 0 Å². The van der Waals surface area contributed by atoms with Crippen LogP contribution in [0.3, 0.4) is 0 Å². The third-order valence-electron chi connectivity index (χ3n) is 2.89. The van der Waals surface area contributed by atoms with Crippen molar-refractivity contribution in [2.45, 2.75) is 31.3 Å². The first-order chi connectivity index (χ1) is 6.27. The van der Waals surface area contributed by atoms with Crippen LogP contribution < -0.4 is 11.1 Å². The van der Waals surface area contributed by atoms with E-state index in [4.69, 9.17) is 5.73 Å². The molecule has 0 aliphatic carbocycles. The Bertz CT molecular complexity index is 201. The van der Waals surface area contributed by atoms with Crippen molar-refractivity contribution in [3.8, 4) is 0 Å². The van der Waals surface area contributed by atoms with E-state index >= 15 is 0 Å². The SMILES string of the molecule is N[C@H]1CCN(C(=O)[C@H]2CCCN2)C1. The van der Waals surface area contributed by atoms with Gasteiger partial charge in [-0.15, -0.1) is 0 Å². The zero-order valence-electron chi connectivity index (χ0n) is 7.83. The van der Waals surface area contributed by atoms with Crippen LogP contribution in [0.1, 0.15) is 19.3 Å². The molecule has 74 valence electrons. The Hall–Kier alpha value is -0.610. The Morgan fingerprint density at radius 1 is 1.46 bits per heavy atom. The smallest absolute Gasteiger partial charge is 0.239 e. The molecule has 2 aliphatic heterocycles. The van der Waals surface area contributed by atoms with Crippen LogP contribution in [0.4, 0.5) is 0 Å². The first-order valence-corrected chi connectivity index (χ1v) is 5.05. The number of nitrogens with one attached hydrogen (secondary N) is 1. The van der Waals surface area contributed by atoms with Gasteiger partial charge in [0.1, 0.15) is 0 Å². The summed E-state index contributed by atoms with van der Waals surface area (Å²) in [6, 6.07) is 0.274. The Morgan fingerprint density at radius 2 is 2.31 bits per heavy atom.